The average molecular weight is 349 g/mol. The molecule has 1 aromatic carbocycles. The normalized spacial score (nSPS) is 13.1. The molecule has 5 heteroatoms. The highest BCUT2D eigenvalue weighted by atomic mass is 79.9. The van der Waals surface area contributed by atoms with Crippen LogP contribution < -0.4 is 5.32 Å². The lowest BCUT2D eigenvalue weighted by molar-refractivity contribution is 0.0898. The molecule has 0 saturated carbocycles. The van der Waals surface area contributed by atoms with Gasteiger partial charge in [0.15, 0.2) is 0 Å². The minimum Gasteiger partial charge on any atom is -0.507 e. The van der Waals surface area contributed by atoms with Gasteiger partial charge in [-0.2, -0.15) is 0 Å². The Labute approximate surface area is 127 Å². The van der Waals surface area contributed by atoms with Crippen LogP contribution in [0.2, 0.25) is 5.02 Å². The van der Waals surface area contributed by atoms with Gasteiger partial charge in [-0.3, -0.25) is 4.79 Å². The number of hydrogen-bond acceptors (Lipinski definition) is 2. The second kappa shape index (κ2) is 6.62. The van der Waals surface area contributed by atoms with Crippen LogP contribution in [0.5, 0.6) is 5.75 Å². The third-order valence-electron chi connectivity index (χ3n) is 2.95. The Bertz CT molecular complexity index is 457. The van der Waals surface area contributed by atoms with Gasteiger partial charge in [0.1, 0.15) is 5.75 Å². The van der Waals surface area contributed by atoms with E-state index in [4.69, 9.17) is 11.6 Å². The highest BCUT2D eigenvalue weighted by molar-refractivity contribution is 9.09. The van der Waals surface area contributed by atoms with Gasteiger partial charge in [-0.15, -0.1) is 0 Å². The number of rotatable bonds is 4. The molecule has 1 aromatic rings. The van der Waals surface area contributed by atoms with Crippen LogP contribution in [0.15, 0.2) is 18.2 Å². The Kier molecular flexibility index (Phi) is 5.68. The molecule has 0 aliphatic rings. The largest absolute Gasteiger partial charge is 0.507 e. The molecule has 0 saturated heterocycles. The van der Waals surface area contributed by atoms with Crippen molar-refractivity contribution in [3.05, 3.63) is 28.8 Å². The van der Waals surface area contributed by atoms with Crippen molar-refractivity contribution in [2.75, 3.05) is 5.33 Å². The number of phenols is 1. The number of aromatic hydroxyl groups is 1. The first-order chi connectivity index (χ1) is 8.75. The maximum Gasteiger partial charge on any atom is 0.255 e. The van der Waals surface area contributed by atoms with Gasteiger partial charge >= 0.3 is 0 Å². The molecule has 0 radical (unpaired) electrons. The fraction of sp³-hybridized carbons (Fsp3) is 0.500. The number of benzene rings is 1. The Morgan fingerprint density at radius 2 is 2.11 bits per heavy atom. The molecule has 1 rings (SSSR count). The molecule has 0 fully saturated rings. The van der Waals surface area contributed by atoms with Crippen molar-refractivity contribution >= 4 is 33.4 Å². The van der Waals surface area contributed by atoms with E-state index in [2.05, 4.69) is 42.0 Å². The summed E-state index contributed by atoms with van der Waals surface area (Å²) in [6, 6.07) is 4.46. The van der Waals surface area contributed by atoms with E-state index in [1.54, 1.807) is 6.07 Å². The second-order valence-corrected chi connectivity index (χ2v) is 6.76. The maximum absolute atomic E-state index is 12.2. The van der Waals surface area contributed by atoms with Gasteiger partial charge in [0.2, 0.25) is 0 Å². The Hall–Kier alpha value is -0.740. The summed E-state index contributed by atoms with van der Waals surface area (Å²) in [5, 5.41) is 13.9. The van der Waals surface area contributed by atoms with Crippen molar-refractivity contribution in [2.24, 2.45) is 5.41 Å². The van der Waals surface area contributed by atoms with Crippen LogP contribution in [-0.4, -0.2) is 22.4 Å². The molecule has 0 heterocycles. The first-order valence-corrected chi connectivity index (χ1v) is 7.61. The summed E-state index contributed by atoms with van der Waals surface area (Å²) in [7, 11) is 0. The predicted molar refractivity (Wildman–Crippen MR) is 82.2 cm³/mol. The highest BCUT2D eigenvalue weighted by Gasteiger charge is 2.26. The molecule has 19 heavy (non-hydrogen) atoms. The van der Waals surface area contributed by atoms with Gasteiger partial charge < -0.3 is 10.4 Å². The van der Waals surface area contributed by atoms with Gasteiger partial charge in [-0.25, -0.2) is 0 Å². The highest BCUT2D eigenvalue weighted by Crippen LogP contribution is 2.25. The van der Waals surface area contributed by atoms with Crippen LogP contribution in [0.3, 0.4) is 0 Å². The van der Waals surface area contributed by atoms with E-state index in [0.29, 0.717) is 5.02 Å². The minimum atomic E-state index is -0.305. The zero-order valence-corrected chi connectivity index (χ0v) is 13.7. The van der Waals surface area contributed by atoms with E-state index >= 15 is 0 Å². The Morgan fingerprint density at radius 3 is 2.63 bits per heavy atom. The number of amides is 1. The molecule has 0 bridgehead atoms. The molecule has 0 aliphatic heterocycles. The quantitative estimate of drug-likeness (QED) is 0.809. The summed E-state index contributed by atoms with van der Waals surface area (Å²) in [6.45, 7) is 6.20. The topological polar surface area (TPSA) is 49.3 Å². The molecule has 2 N–H and O–H groups in total. The second-order valence-electron chi connectivity index (χ2n) is 5.53. The fourth-order valence-electron chi connectivity index (χ4n) is 1.76. The van der Waals surface area contributed by atoms with E-state index in [0.717, 1.165) is 11.8 Å². The lowest BCUT2D eigenvalue weighted by atomic mass is 9.85. The molecule has 106 valence electrons. The molecule has 1 unspecified atom stereocenters. The summed E-state index contributed by atoms with van der Waals surface area (Å²) in [6.07, 6.45) is 0.816. The number of halogens is 2. The number of carbonyl (C=O) groups is 1. The monoisotopic (exact) mass is 347 g/mol. The summed E-state index contributed by atoms with van der Waals surface area (Å²) < 4.78 is 0. The number of hydrogen-bond donors (Lipinski definition) is 2. The zero-order chi connectivity index (χ0) is 14.6. The van der Waals surface area contributed by atoms with E-state index in [1.807, 2.05) is 0 Å². The van der Waals surface area contributed by atoms with Crippen LogP contribution in [-0.2, 0) is 0 Å². The van der Waals surface area contributed by atoms with Gasteiger partial charge in [0.25, 0.3) is 5.91 Å². The number of phenolic OH excluding ortho intramolecular Hbond substituents is 1. The van der Waals surface area contributed by atoms with Crippen LogP contribution in [0.4, 0.5) is 0 Å². The van der Waals surface area contributed by atoms with Crippen LogP contribution >= 0.6 is 27.5 Å². The molecular formula is C14H19BrClNO2. The summed E-state index contributed by atoms with van der Waals surface area (Å²) >= 11 is 9.24. The predicted octanol–water partition coefficient (Wildman–Crippen LogP) is 3.98. The van der Waals surface area contributed by atoms with Gasteiger partial charge in [-0.1, -0.05) is 48.3 Å². The van der Waals surface area contributed by atoms with E-state index in [9.17, 15) is 9.90 Å². The van der Waals surface area contributed by atoms with Crippen molar-refractivity contribution in [1.82, 2.24) is 5.32 Å². The third-order valence-corrected chi connectivity index (χ3v) is 3.64. The summed E-state index contributed by atoms with van der Waals surface area (Å²) in [4.78, 5) is 12.2. The molecule has 1 amide bonds. The van der Waals surface area contributed by atoms with Crippen LogP contribution in [0, 0.1) is 5.41 Å². The zero-order valence-electron chi connectivity index (χ0n) is 11.3. The van der Waals surface area contributed by atoms with Crippen molar-refractivity contribution in [1.29, 1.82) is 0 Å². The lowest BCUT2D eigenvalue weighted by Gasteiger charge is -2.31. The van der Waals surface area contributed by atoms with Crippen molar-refractivity contribution in [3.8, 4) is 5.75 Å². The maximum atomic E-state index is 12.2. The van der Waals surface area contributed by atoms with Gasteiger partial charge in [0.05, 0.1) is 5.56 Å². The smallest absolute Gasteiger partial charge is 0.255 e. The molecule has 0 aromatic heterocycles. The van der Waals surface area contributed by atoms with Crippen molar-refractivity contribution in [3.63, 3.8) is 0 Å². The van der Waals surface area contributed by atoms with Crippen LogP contribution in [0.1, 0.15) is 37.6 Å². The van der Waals surface area contributed by atoms with Crippen molar-refractivity contribution < 1.29 is 9.90 Å². The Balaban J connectivity index is 2.91. The number of nitrogens with one attached hydrogen (secondary N) is 1. The van der Waals surface area contributed by atoms with Crippen LogP contribution in [0.25, 0.3) is 0 Å². The minimum absolute atomic E-state index is 0.0118. The third kappa shape index (κ3) is 4.69. The first-order valence-electron chi connectivity index (χ1n) is 6.11. The van der Waals surface area contributed by atoms with E-state index in [-0.39, 0.29) is 28.7 Å². The summed E-state index contributed by atoms with van der Waals surface area (Å²) in [5.41, 5.74) is 0.147. The van der Waals surface area contributed by atoms with Gasteiger partial charge in [-0.05, 0) is 30.0 Å². The first kappa shape index (κ1) is 16.3. The number of carbonyl (C=O) groups excluding carboxylic acids is 1. The molecular weight excluding hydrogens is 330 g/mol. The SMILES string of the molecule is CC(C)(C)C(CCBr)NC(=O)c1cc(Cl)ccc1O. The Morgan fingerprint density at radius 1 is 1.47 bits per heavy atom. The van der Waals surface area contributed by atoms with Gasteiger partial charge in [0, 0.05) is 16.4 Å². The summed E-state index contributed by atoms with van der Waals surface area (Å²) in [5.74, 6) is -0.366. The standard InChI is InChI=1S/C14H19BrClNO2/c1-14(2,3)12(6-7-15)17-13(19)10-8-9(16)4-5-11(10)18/h4-5,8,12,18H,6-7H2,1-3H3,(H,17,19). The molecule has 1 atom stereocenters. The molecule has 0 aliphatic carbocycles. The van der Waals surface area contributed by atoms with E-state index < -0.39 is 0 Å². The molecule has 0 spiro atoms. The fourth-order valence-corrected chi connectivity index (χ4v) is 2.39. The van der Waals surface area contributed by atoms with Crippen molar-refractivity contribution in [2.45, 2.75) is 33.2 Å². The average Bonchev–Trinajstić information content (AvgIpc) is 2.30. The molecule has 3 nitrogen and oxygen atoms in total. The number of alkyl halides is 1. The van der Waals surface area contributed by atoms with E-state index in [1.165, 1.54) is 12.1 Å². The lowest BCUT2D eigenvalue weighted by Crippen LogP contribution is -2.44.